The van der Waals surface area contributed by atoms with Gasteiger partial charge in [0.1, 0.15) is 5.82 Å². The Bertz CT molecular complexity index is 891. The minimum absolute atomic E-state index is 0.104. The molecule has 2 aromatic carbocycles. The van der Waals surface area contributed by atoms with Gasteiger partial charge in [-0.1, -0.05) is 29.5 Å². The van der Waals surface area contributed by atoms with Crippen LogP contribution in [0.3, 0.4) is 0 Å². The summed E-state index contributed by atoms with van der Waals surface area (Å²) >= 11 is 1.32. The molecule has 3 aromatic rings. The minimum atomic E-state index is -0.293. The van der Waals surface area contributed by atoms with E-state index in [1.165, 1.54) is 23.9 Å². The second-order valence-electron chi connectivity index (χ2n) is 5.76. The monoisotopic (exact) mass is 370 g/mol. The summed E-state index contributed by atoms with van der Waals surface area (Å²) in [5.41, 5.74) is 2.70. The third kappa shape index (κ3) is 4.29. The number of benzene rings is 2. The Morgan fingerprint density at radius 3 is 2.46 bits per heavy atom. The maximum absolute atomic E-state index is 13.1. The third-order valence-corrected chi connectivity index (χ3v) is 4.77. The van der Waals surface area contributed by atoms with Crippen LogP contribution in [0, 0.1) is 12.7 Å². The summed E-state index contributed by atoms with van der Waals surface area (Å²) in [6.45, 7) is 4.63. The number of nitrogens with zero attached hydrogens (tertiary/aromatic N) is 3. The van der Waals surface area contributed by atoms with Gasteiger partial charge in [0.25, 0.3) is 0 Å². The van der Waals surface area contributed by atoms with Crippen molar-refractivity contribution in [3.05, 3.63) is 59.9 Å². The van der Waals surface area contributed by atoms with Crippen molar-refractivity contribution in [3.8, 4) is 11.4 Å². The van der Waals surface area contributed by atoms with Crippen LogP contribution < -0.4 is 5.32 Å². The quantitative estimate of drug-likeness (QED) is 0.663. The molecule has 5 nitrogen and oxygen atoms in total. The second kappa shape index (κ2) is 8.14. The van der Waals surface area contributed by atoms with Crippen LogP contribution in [-0.4, -0.2) is 26.4 Å². The van der Waals surface area contributed by atoms with Gasteiger partial charge < -0.3 is 9.88 Å². The molecule has 1 heterocycles. The minimum Gasteiger partial charge on any atom is -0.325 e. The molecular weight excluding hydrogens is 351 g/mol. The topological polar surface area (TPSA) is 59.8 Å². The highest BCUT2D eigenvalue weighted by atomic mass is 32.2. The first kappa shape index (κ1) is 18.1. The van der Waals surface area contributed by atoms with E-state index in [-0.39, 0.29) is 17.5 Å². The predicted octanol–water partition coefficient (Wildman–Crippen LogP) is 4.14. The normalized spacial score (nSPS) is 10.7. The van der Waals surface area contributed by atoms with Gasteiger partial charge in [-0.3, -0.25) is 4.79 Å². The van der Waals surface area contributed by atoms with Crippen molar-refractivity contribution in [1.82, 2.24) is 14.8 Å². The van der Waals surface area contributed by atoms with Gasteiger partial charge in [-0.25, -0.2) is 4.39 Å². The first-order valence-electron chi connectivity index (χ1n) is 8.25. The lowest BCUT2D eigenvalue weighted by molar-refractivity contribution is -0.113. The first-order chi connectivity index (χ1) is 12.6. The molecule has 0 radical (unpaired) electrons. The molecule has 1 N–H and O–H groups in total. The number of rotatable bonds is 6. The third-order valence-electron chi connectivity index (χ3n) is 3.80. The van der Waals surface area contributed by atoms with Crippen molar-refractivity contribution < 1.29 is 9.18 Å². The summed E-state index contributed by atoms with van der Waals surface area (Å²) in [6, 6.07) is 13.8. The lowest BCUT2D eigenvalue weighted by Gasteiger charge is -2.08. The fourth-order valence-corrected chi connectivity index (χ4v) is 3.26. The van der Waals surface area contributed by atoms with Crippen LogP contribution in [0.25, 0.3) is 11.4 Å². The summed E-state index contributed by atoms with van der Waals surface area (Å²) < 4.78 is 15.0. The molecule has 3 rings (SSSR count). The van der Waals surface area contributed by atoms with Crippen LogP contribution in [0.4, 0.5) is 10.1 Å². The summed E-state index contributed by atoms with van der Waals surface area (Å²) in [5.74, 6) is 0.496. The van der Waals surface area contributed by atoms with Crippen LogP contribution in [0.15, 0.2) is 53.7 Å². The fourth-order valence-electron chi connectivity index (χ4n) is 2.46. The molecule has 0 spiro atoms. The van der Waals surface area contributed by atoms with Crippen LogP contribution in [0.2, 0.25) is 0 Å². The number of aryl methyl sites for hydroxylation is 1. The van der Waals surface area contributed by atoms with Crippen molar-refractivity contribution in [3.63, 3.8) is 0 Å². The van der Waals surface area contributed by atoms with Gasteiger partial charge in [-0.15, -0.1) is 10.2 Å². The molecule has 0 saturated carbocycles. The maximum Gasteiger partial charge on any atom is 0.234 e. The Labute approximate surface area is 155 Å². The second-order valence-corrected chi connectivity index (χ2v) is 6.70. The van der Waals surface area contributed by atoms with E-state index in [2.05, 4.69) is 15.5 Å². The number of anilines is 1. The number of amides is 1. The molecular formula is C19H19FN4OS. The molecule has 7 heteroatoms. The van der Waals surface area contributed by atoms with Gasteiger partial charge in [0.05, 0.1) is 5.75 Å². The summed E-state index contributed by atoms with van der Waals surface area (Å²) in [6.07, 6.45) is 0. The van der Waals surface area contributed by atoms with E-state index in [9.17, 15) is 9.18 Å². The highest BCUT2D eigenvalue weighted by Gasteiger charge is 2.14. The lowest BCUT2D eigenvalue weighted by Crippen LogP contribution is -2.14. The summed E-state index contributed by atoms with van der Waals surface area (Å²) in [5, 5.41) is 11.9. The number of thioether (sulfide) groups is 1. The fraction of sp³-hybridized carbons (Fsp3) is 0.211. The Morgan fingerprint density at radius 1 is 1.12 bits per heavy atom. The van der Waals surface area contributed by atoms with Gasteiger partial charge in [-0.2, -0.15) is 0 Å². The van der Waals surface area contributed by atoms with E-state index in [1.807, 2.05) is 42.7 Å². The van der Waals surface area contributed by atoms with Gasteiger partial charge in [0.15, 0.2) is 11.0 Å². The average molecular weight is 370 g/mol. The number of nitrogens with one attached hydrogen (secondary N) is 1. The predicted molar refractivity (Wildman–Crippen MR) is 102 cm³/mol. The molecule has 0 saturated heterocycles. The molecule has 0 unspecified atom stereocenters. The Balaban J connectivity index is 1.67. The molecule has 1 amide bonds. The average Bonchev–Trinajstić information content (AvgIpc) is 3.05. The Morgan fingerprint density at radius 2 is 1.81 bits per heavy atom. The van der Waals surface area contributed by atoms with Crippen molar-refractivity contribution in [2.75, 3.05) is 11.1 Å². The van der Waals surface area contributed by atoms with Gasteiger partial charge in [0.2, 0.25) is 5.91 Å². The van der Waals surface area contributed by atoms with Crippen molar-refractivity contribution in [2.45, 2.75) is 25.5 Å². The van der Waals surface area contributed by atoms with Gasteiger partial charge in [-0.05, 0) is 50.2 Å². The van der Waals surface area contributed by atoms with Crippen molar-refractivity contribution in [2.24, 2.45) is 0 Å². The molecule has 26 heavy (non-hydrogen) atoms. The van der Waals surface area contributed by atoms with Crippen LogP contribution in [0.1, 0.15) is 12.5 Å². The summed E-state index contributed by atoms with van der Waals surface area (Å²) in [7, 11) is 0. The standard InChI is InChI=1S/C19H19FN4OS/c1-3-24-18(14-6-8-15(20)9-7-14)22-23-19(24)26-12-17(25)21-16-10-4-13(2)5-11-16/h4-11H,3,12H2,1-2H3,(H,21,25). The number of hydrogen-bond acceptors (Lipinski definition) is 4. The number of carbonyl (C=O) groups excluding carboxylic acids is 1. The number of halogens is 1. The van der Waals surface area contributed by atoms with E-state index < -0.39 is 0 Å². The van der Waals surface area contributed by atoms with Crippen molar-refractivity contribution in [1.29, 1.82) is 0 Å². The number of hydrogen-bond donors (Lipinski definition) is 1. The molecule has 0 fully saturated rings. The van der Waals surface area contributed by atoms with E-state index in [0.717, 1.165) is 16.8 Å². The molecule has 0 aliphatic rings. The largest absolute Gasteiger partial charge is 0.325 e. The van der Waals surface area contributed by atoms with E-state index in [4.69, 9.17) is 0 Å². The lowest BCUT2D eigenvalue weighted by atomic mass is 10.2. The van der Waals surface area contributed by atoms with Gasteiger partial charge in [0, 0.05) is 17.8 Å². The summed E-state index contributed by atoms with van der Waals surface area (Å²) in [4.78, 5) is 12.2. The van der Waals surface area contributed by atoms with E-state index in [1.54, 1.807) is 12.1 Å². The van der Waals surface area contributed by atoms with E-state index in [0.29, 0.717) is 17.5 Å². The highest BCUT2D eigenvalue weighted by molar-refractivity contribution is 7.99. The van der Waals surface area contributed by atoms with Crippen LogP contribution in [0.5, 0.6) is 0 Å². The number of aromatic nitrogens is 3. The molecule has 0 aliphatic carbocycles. The molecule has 0 atom stereocenters. The zero-order valence-electron chi connectivity index (χ0n) is 14.6. The molecule has 0 bridgehead atoms. The van der Waals surface area contributed by atoms with Crippen LogP contribution >= 0.6 is 11.8 Å². The zero-order valence-corrected chi connectivity index (χ0v) is 15.4. The maximum atomic E-state index is 13.1. The van der Waals surface area contributed by atoms with Crippen molar-refractivity contribution >= 4 is 23.4 Å². The first-order valence-corrected chi connectivity index (χ1v) is 9.24. The van der Waals surface area contributed by atoms with Gasteiger partial charge >= 0.3 is 0 Å². The smallest absolute Gasteiger partial charge is 0.234 e. The Kier molecular flexibility index (Phi) is 5.68. The molecule has 0 aliphatic heterocycles. The van der Waals surface area contributed by atoms with E-state index >= 15 is 0 Å². The molecule has 1 aromatic heterocycles. The number of carbonyl (C=O) groups is 1. The molecule has 134 valence electrons. The van der Waals surface area contributed by atoms with Crippen LogP contribution in [-0.2, 0) is 11.3 Å². The Hall–Kier alpha value is -2.67. The highest BCUT2D eigenvalue weighted by Crippen LogP contribution is 2.24. The zero-order chi connectivity index (χ0) is 18.5. The SMILES string of the molecule is CCn1c(SCC(=O)Nc2ccc(C)cc2)nnc1-c1ccc(F)cc1.